The molecule has 0 aliphatic heterocycles. The first-order chi connectivity index (χ1) is 9.28. The summed E-state index contributed by atoms with van der Waals surface area (Å²) in [6.45, 7) is 0. The summed E-state index contributed by atoms with van der Waals surface area (Å²) < 4.78 is 5.09. The molecule has 6 heteroatoms. The zero-order valence-corrected chi connectivity index (χ0v) is 10.7. The van der Waals surface area contributed by atoms with Crippen LogP contribution in [0.3, 0.4) is 0 Å². The van der Waals surface area contributed by atoms with Crippen molar-refractivity contribution in [3.05, 3.63) is 35.9 Å². The maximum Gasteiger partial charge on any atom is 0.232 e. The number of ether oxygens (including phenoxy) is 1. The standard InChI is InChI=1S/C13H14N4O2/c1-14-11-10(8-18)12(19-2)17-13(16-11)15-9-6-4-3-5-7-9/h3-8H,1-2H3,(H2,14,15,16,17). The van der Waals surface area contributed by atoms with Gasteiger partial charge < -0.3 is 15.4 Å². The molecule has 0 fully saturated rings. The van der Waals surface area contributed by atoms with Crippen molar-refractivity contribution in [2.45, 2.75) is 0 Å². The maximum atomic E-state index is 11.0. The summed E-state index contributed by atoms with van der Waals surface area (Å²) in [7, 11) is 3.14. The van der Waals surface area contributed by atoms with Gasteiger partial charge in [0.2, 0.25) is 11.8 Å². The average Bonchev–Trinajstić information content (AvgIpc) is 2.47. The minimum atomic E-state index is 0.229. The predicted molar refractivity (Wildman–Crippen MR) is 73.2 cm³/mol. The monoisotopic (exact) mass is 258 g/mol. The van der Waals surface area contributed by atoms with Gasteiger partial charge in [-0.3, -0.25) is 4.79 Å². The van der Waals surface area contributed by atoms with Crippen LogP contribution in [0.15, 0.2) is 30.3 Å². The Hall–Kier alpha value is -2.63. The number of para-hydroxylation sites is 1. The lowest BCUT2D eigenvalue weighted by molar-refractivity contribution is 0.112. The third-order valence-electron chi connectivity index (χ3n) is 2.49. The van der Waals surface area contributed by atoms with Crippen LogP contribution in [0, 0.1) is 0 Å². The molecule has 0 spiro atoms. The van der Waals surface area contributed by atoms with E-state index in [2.05, 4.69) is 20.6 Å². The Morgan fingerprint density at radius 3 is 2.53 bits per heavy atom. The van der Waals surface area contributed by atoms with Gasteiger partial charge in [-0.15, -0.1) is 0 Å². The summed E-state index contributed by atoms with van der Waals surface area (Å²) in [4.78, 5) is 19.4. The summed E-state index contributed by atoms with van der Waals surface area (Å²) in [5.41, 5.74) is 1.15. The molecule has 0 unspecified atom stereocenters. The zero-order valence-electron chi connectivity index (χ0n) is 10.7. The number of nitrogens with zero attached hydrogens (tertiary/aromatic N) is 2. The summed E-state index contributed by atoms with van der Waals surface area (Å²) in [5, 5.41) is 5.89. The number of hydrogen-bond donors (Lipinski definition) is 2. The molecule has 19 heavy (non-hydrogen) atoms. The Kier molecular flexibility index (Phi) is 3.92. The number of anilines is 3. The van der Waals surface area contributed by atoms with E-state index in [1.807, 2.05) is 30.3 Å². The lowest BCUT2D eigenvalue weighted by Gasteiger charge is -2.11. The quantitative estimate of drug-likeness (QED) is 0.800. The molecular formula is C13H14N4O2. The van der Waals surface area contributed by atoms with Gasteiger partial charge in [0.15, 0.2) is 6.29 Å². The first-order valence-electron chi connectivity index (χ1n) is 5.69. The van der Waals surface area contributed by atoms with Gasteiger partial charge in [0, 0.05) is 12.7 Å². The maximum absolute atomic E-state index is 11.0. The Bertz CT molecular complexity index is 547. The van der Waals surface area contributed by atoms with Gasteiger partial charge in [-0.25, -0.2) is 0 Å². The van der Waals surface area contributed by atoms with Crippen molar-refractivity contribution in [2.75, 3.05) is 24.8 Å². The lowest BCUT2D eigenvalue weighted by Crippen LogP contribution is -2.07. The first-order valence-corrected chi connectivity index (χ1v) is 5.69. The molecule has 0 amide bonds. The fourth-order valence-corrected chi connectivity index (χ4v) is 1.61. The van der Waals surface area contributed by atoms with Gasteiger partial charge in [0.05, 0.1) is 7.11 Å². The van der Waals surface area contributed by atoms with Crippen LogP contribution in [-0.2, 0) is 0 Å². The van der Waals surface area contributed by atoms with Gasteiger partial charge in [-0.2, -0.15) is 9.97 Å². The average molecular weight is 258 g/mol. The topological polar surface area (TPSA) is 76.1 Å². The van der Waals surface area contributed by atoms with Crippen molar-refractivity contribution in [3.63, 3.8) is 0 Å². The van der Waals surface area contributed by atoms with E-state index in [4.69, 9.17) is 4.74 Å². The summed E-state index contributed by atoms with van der Waals surface area (Å²) in [6.07, 6.45) is 0.664. The van der Waals surface area contributed by atoms with E-state index in [1.54, 1.807) is 7.05 Å². The van der Waals surface area contributed by atoms with Crippen molar-refractivity contribution >= 4 is 23.7 Å². The van der Waals surface area contributed by atoms with E-state index in [9.17, 15) is 4.79 Å². The van der Waals surface area contributed by atoms with Crippen LogP contribution < -0.4 is 15.4 Å². The smallest absolute Gasteiger partial charge is 0.232 e. The number of aldehydes is 1. The summed E-state index contributed by atoms with van der Waals surface area (Å²) in [6, 6.07) is 9.50. The summed E-state index contributed by atoms with van der Waals surface area (Å²) >= 11 is 0. The molecule has 1 aromatic heterocycles. The number of benzene rings is 1. The van der Waals surface area contributed by atoms with Crippen LogP contribution in [-0.4, -0.2) is 30.4 Å². The van der Waals surface area contributed by atoms with Crippen LogP contribution >= 0.6 is 0 Å². The van der Waals surface area contributed by atoms with E-state index < -0.39 is 0 Å². The van der Waals surface area contributed by atoms with Gasteiger partial charge in [-0.05, 0) is 12.1 Å². The Morgan fingerprint density at radius 2 is 1.95 bits per heavy atom. The highest BCUT2D eigenvalue weighted by atomic mass is 16.5. The third kappa shape index (κ3) is 2.79. The number of rotatable bonds is 5. The van der Waals surface area contributed by atoms with Gasteiger partial charge in [0.25, 0.3) is 0 Å². The highest BCUT2D eigenvalue weighted by Crippen LogP contribution is 2.24. The second-order valence-electron chi connectivity index (χ2n) is 3.68. The SMILES string of the molecule is CNc1nc(Nc2ccccc2)nc(OC)c1C=O. The molecule has 0 radical (unpaired) electrons. The largest absolute Gasteiger partial charge is 0.480 e. The zero-order chi connectivity index (χ0) is 13.7. The van der Waals surface area contributed by atoms with E-state index in [0.29, 0.717) is 23.6 Å². The van der Waals surface area contributed by atoms with Crippen molar-refractivity contribution in [1.82, 2.24) is 9.97 Å². The molecule has 2 rings (SSSR count). The molecule has 98 valence electrons. The molecule has 6 nitrogen and oxygen atoms in total. The Balaban J connectivity index is 2.39. The minimum absolute atomic E-state index is 0.229. The Labute approximate surface area is 110 Å². The van der Waals surface area contributed by atoms with E-state index in [-0.39, 0.29) is 5.88 Å². The first kappa shape index (κ1) is 12.8. The molecule has 0 atom stereocenters. The van der Waals surface area contributed by atoms with Crippen LogP contribution in [0.1, 0.15) is 10.4 Å². The van der Waals surface area contributed by atoms with Gasteiger partial charge in [-0.1, -0.05) is 18.2 Å². The lowest BCUT2D eigenvalue weighted by atomic mass is 10.3. The van der Waals surface area contributed by atoms with Crippen molar-refractivity contribution in [2.24, 2.45) is 0 Å². The molecule has 0 aliphatic rings. The number of hydrogen-bond acceptors (Lipinski definition) is 6. The van der Waals surface area contributed by atoms with Crippen LogP contribution in [0.25, 0.3) is 0 Å². The molecule has 1 aromatic carbocycles. The number of methoxy groups -OCH3 is 1. The normalized spacial score (nSPS) is 9.79. The van der Waals surface area contributed by atoms with Crippen LogP contribution in [0.2, 0.25) is 0 Å². The fraction of sp³-hybridized carbons (Fsp3) is 0.154. The van der Waals surface area contributed by atoms with Crippen LogP contribution in [0.4, 0.5) is 17.5 Å². The molecule has 0 bridgehead atoms. The predicted octanol–water partition coefficient (Wildman–Crippen LogP) is 2.08. The molecule has 0 saturated carbocycles. The van der Waals surface area contributed by atoms with Crippen molar-refractivity contribution < 1.29 is 9.53 Å². The van der Waals surface area contributed by atoms with Gasteiger partial charge >= 0.3 is 0 Å². The highest BCUT2D eigenvalue weighted by molar-refractivity contribution is 5.86. The van der Waals surface area contributed by atoms with E-state index in [0.717, 1.165) is 5.69 Å². The third-order valence-corrected chi connectivity index (χ3v) is 2.49. The van der Waals surface area contributed by atoms with Crippen molar-refractivity contribution in [3.8, 4) is 5.88 Å². The second-order valence-corrected chi connectivity index (χ2v) is 3.68. The molecule has 0 saturated heterocycles. The minimum Gasteiger partial charge on any atom is -0.480 e. The molecule has 2 aromatic rings. The van der Waals surface area contributed by atoms with E-state index >= 15 is 0 Å². The number of carbonyl (C=O) groups is 1. The fourth-order valence-electron chi connectivity index (χ4n) is 1.61. The number of carbonyl (C=O) groups excluding carboxylic acids is 1. The molecule has 2 N–H and O–H groups in total. The molecular weight excluding hydrogens is 244 g/mol. The molecule has 1 heterocycles. The van der Waals surface area contributed by atoms with E-state index in [1.165, 1.54) is 7.11 Å². The van der Waals surface area contributed by atoms with Gasteiger partial charge in [0.1, 0.15) is 11.4 Å². The summed E-state index contributed by atoms with van der Waals surface area (Å²) in [5.74, 6) is 1.01. The number of aromatic nitrogens is 2. The van der Waals surface area contributed by atoms with Crippen molar-refractivity contribution in [1.29, 1.82) is 0 Å². The second kappa shape index (κ2) is 5.81. The number of nitrogens with one attached hydrogen (secondary N) is 2. The highest BCUT2D eigenvalue weighted by Gasteiger charge is 2.13. The Morgan fingerprint density at radius 1 is 1.21 bits per heavy atom. The molecule has 0 aliphatic carbocycles. The van der Waals surface area contributed by atoms with Crippen LogP contribution in [0.5, 0.6) is 5.88 Å².